The number of amides is 2. The summed E-state index contributed by atoms with van der Waals surface area (Å²) in [6.45, 7) is 2.70. The minimum absolute atomic E-state index is 0. The zero-order valence-corrected chi connectivity index (χ0v) is 15.8. The van der Waals surface area contributed by atoms with Gasteiger partial charge in [0.2, 0.25) is 11.8 Å². The summed E-state index contributed by atoms with van der Waals surface area (Å²) in [7, 11) is 0. The molecule has 2 amide bonds. The topological polar surface area (TPSA) is 75.4 Å². The van der Waals surface area contributed by atoms with Crippen LogP contribution in [0.3, 0.4) is 0 Å². The number of hydrogen-bond acceptors (Lipinski definition) is 4. The van der Waals surface area contributed by atoms with Crippen LogP contribution >= 0.6 is 24.2 Å². The lowest BCUT2D eigenvalue weighted by molar-refractivity contribution is -0.123. The van der Waals surface area contributed by atoms with Crippen molar-refractivity contribution in [1.29, 1.82) is 0 Å². The average molecular weight is 372 g/mol. The molecule has 1 aromatic rings. The minimum atomic E-state index is -0.478. The predicted molar refractivity (Wildman–Crippen MR) is 103 cm³/mol. The molecular weight excluding hydrogens is 346 g/mol. The highest BCUT2D eigenvalue weighted by Crippen LogP contribution is 2.24. The molecule has 1 unspecified atom stereocenters. The molecule has 134 valence electrons. The highest BCUT2D eigenvalue weighted by Gasteiger charge is 2.22. The van der Waals surface area contributed by atoms with E-state index in [4.69, 9.17) is 5.73 Å². The van der Waals surface area contributed by atoms with E-state index in [1.165, 1.54) is 0 Å². The van der Waals surface area contributed by atoms with E-state index in [1.807, 2.05) is 42.3 Å². The van der Waals surface area contributed by atoms with Crippen LogP contribution < -0.4 is 16.0 Å². The van der Waals surface area contributed by atoms with E-state index in [0.29, 0.717) is 12.8 Å². The third-order valence-electron chi connectivity index (χ3n) is 4.08. The van der Waals surface area contributed by atoms with Crippen LogP contribution in [-0.4, -0.2) is 36.4 Å². The van der Waals surface area contributed by atoms with Crippen molar-refractivity contribution < 1.29 is 9.59 Å². The van der Waals surface area contributed by atoms with Crippen LogP contribution in [0.25, 0.3) is 0 Å². The molecular formula is C17H26ClN3O2S. The molecule has 7 heteroatoms. The van der Waals surface area contributed by atoms with Crippen molar-refractivity contribution in [2.24, 2.45) is 5.73 Å². The van der Waals surface area contributed by atoms with Crippen molar-refractivity contribution in [2.45, 2.75) is 38.3 Å². The third-order valence-corrected chi connectivity index (χ3v) is 4.73. The molecule has 1 heterocycles. The number of carbonyl (C=O) groups excluding carboxylic acids is 2. The summed E-state index contributed by atoms with van der Waals surface area (Å²) < 4.78 is 0. The lowest BCUT2D eigenvalue weighted by atomic mass is 10.1. The Labute approximate surface area is 154 Å². The Kier molecular flexibility index (Phi) is 8.59. The van der Waals surface area contributed by atoms with Crippen molar-refractivity contribution in [2.75, 3.05) is 23.5 Å². The number of nitrogens with one attached hydrogen (secondary N) is 1. The maximum absolute atomic E-state index is 12.1. The van der Waals surface area contributed by atoms with Crippen LogP contribution in [0.15, 0.2) is 24.3 Å². The molecule has 0 saturated carbocycles. The molecule has 24 heavy (non-hydrogen) atoms. The van der Waals surface area contributed by atoms with Crippen molar-refractivity contribution in [1.82, 2.24) is 5.32 Å². The quantitative estimate of drug-likeness (QED) is 0.772. The largest absolute Gasteiger partial charge is 0.348 e. The number of halogens is 1. The molecule has 0 spiro atoms. The number of nitrogens with two attached hydrogens (primary N) is 1. The van der Waals surface area contributed by atoms with Crippen LogP contribution in [0.5, 0.6) is 0 Å². The molecule has 2 atom stereocenters. The summed E-state index contributed by atoms with van der Waals surface area (Å²) >= 11 is 1.68. The maximum atomic E-state index is 12.1. The zero-order valence-electron chi connectivity index (χ0n) is 14.2. The lowest BCUT2D eigenvalue weighted by Crippen LogP contribution is -2.42. The highest BCUT2D eigenvalue weighted by molar-refractivity contribution is 7.98. The van der Waals surface area contributed by atoms with Crippen LogP contribution in [0.2, 0.25) is 0 Å². The van der Waals surface area contributed by atoms with Gasteiger partial charge in [-0.2, -0.15) is 11.8 Å². The minimum Gasteiger partial charge on any atom is -0.348 e. The molecule has 1 saturated heterocycles. The van der Waals surface area contributed by atoms with E-state index in [2.05, 4.69) is 5.32 Å². The number of anilines is 1. The van der Waals surface area contributed by atoms with Crippen LogP contribution in [0.1, 0.15) is 37.8 Å². The Morgan fingerprint density at radius 2 is 2.21 bits per heavy atom. The Morgan fingerprint density at radius 1 is 1.46 bits per heavy atom. The predicted octanol–water partition coefficient (Wildman–Crippen LogP) is 2.49. The molecule has 0 bridgehead atoms. The molecule has 2 rings (SSSR count). The molecule has 0 aliphatic carbocycles. The van der Waals surface area contributed by atoms with E-state index < -0.39 is 6.04 Å². The Morgan fingerprint density at radius 3 is 2.83 bits per heavy atom. The Bertz CT molecular complexity index is 571. The fourth-order valence-electron chi connectivity index (χ4n) is 2.66. The van der Waals surface area contributed by atoms with E-state index in [-0.39, 0.29) is 30.3 Å². The SMILES string of the molecule is CSCC[C@H](N)C(=O)NC(C)c1cccc(N2CCCC2=O)c1.Cl. The van der Waals surface area contributed by atoms with Crippen molar-refractivity contribution >= 4 is 41.7 Å². The molecule has 1 aromatic carbocycles. The standard InChI is InChI=1S/C17H25N3O2S.ClH/c1-12(19-17(22)15(18)8-10-23-2)13-5-3-6-14(11-13)20-9-4-7-16(20)21;/h3,5-6,11-12,15H,4,7-10,18H2,1-2H3,(H,19,22);1H/t12?,15-;/m0./s1. The number of carbonyl (C=O) groups is 2. The average Bonchev–Trinajstić information content (AvgIpc) is 2.98. The van der Waals surface area contributed by atoms with Gasteiger partial charge in [0.15, 0.2) is 0 Å². The third kappa shape index (κ3) is 5.40. The van der Waals surface area contributed by atoms with Gasteiger partial charge in [-0.1, -0.05) is 12.1 Å². The fourth-order valence-corrected chi connectivity index (χ4v) is 3.15. The fraction of sp³-hybridized carbons (Fsp3) is 0.529. The first-order valence-electron chi connectivity index (χ1n) is 7.98. The summed E-state index contributed by atoms with van der Waals surface area (Å²) in [5.74, 6) is 0.905. The molecule has 3 N–H and O–H groups in total. The van der Waals surface area contributed by atoms with Gasteiger partial charge in [-0.3, -0.25) is 9.59 Å². The zero-order chi connectivity index (χ0) is 16.8. The van der Waals surface area contributed by atoms with Gasteiger partial charge in [-0.25, -0.2) is 0 Å². The maximum Gasteiger partial charge on any atom is 0.237 e. The number of benzene rings is 1. The summed E-state index contributed by atoms with van der Waals surface area (Å²) in [6.07, 6.45) is 4.18. The summed E-state index contributed by atoms with van der Waals surface area (Å²) in [5, 5.41) is 2.96. The van der Waals surface area contributed by atoms with Gasteiger partial charge in [0, 0.05) is 18.7 Å². The van der Waals surface area contributed by atoms with Crippen molar-refractivity contribution in [3.8, 4) is 0 Å². The number of hydrogen-bond donors (Lipinski definition) is 2. The second-order valence-corrected chi connectivity index (χ2v) is 6.85. The van der Waals surface area contributed by atoms with Gasteiger partial charge >= 0.3 is 0 Å². The second kappa shape index (κ2) is 9.91. The second-order valence-electron chi connectivity index (χ2n) is 5.86. The van der Waals surface area contributed by atoms with Crippen LogP contribution in [-0.2, 0) is 9.59 Å². The molecule has 5 nitrogen and oxygen atoms in total. The van der Waals surface area contributed by atoms with Gasteiger partial charge in [0.1, 0.15) is 0 Å². The van der Waals surface area contributed by atoms with E-state index >= 15 is 0 Å². The molecule has 1 aliphatic heterocycles. The molecule has 1 aliphatic rings. The molecule has 0 radical (unpaired) electrons. The first-order chi connectivity index (χ1) is 11.0. The van der Waals surface area contributed by atoms with Gasteiger partial charge < -0.3 is 16.0 Å². The summed E-state index contributed by atoms with van der Waals surface area (Å²) in [6, 6.07) is 7.18. The van der Waals surface area contributed by atoms with Gasteiger partial charge in [0.05, 0.1) is 12.1 Å². The monoisotopic (exact) mass is 371 g/mol. The van der Waals surface area contributed by atoms with E-state index in [1.54, 1.807) is 11.8 Å². The summed E-state index contributed by atoms with van der Waals surface area (Å²) in [5.41, 5.74) is 7.78. The molecule has 0 aromatic heterocycles. The first-order valence-corrected chi connectivity index (χ1v) is 9.37. The van der Waals surface area contributed by atoms with E-state index in [0.717, 1.165) is 30.0 Å². The summed E-state index contributed by atoms with van der Waals surface area (Å²) in [4.78, 5) is 25.8. The van der Waals surface area contributed by atoms with Crippen molar-refractivity contribution in [3.63, 3.8) is 0 Å². The molecule has 1 fully saturated rings. The van der Waals surface area contributed by atoms with E-state index in [9.17, 15) is 9.59 Å². The smallest absolute Gasteiger partial charge is 0.237 e. The van der Waals surface area contributed by atoms with Crippen LogP contribution in [0.4, 0.5) is 5.69 Å². The normalized spacial score (nSPS) is 16.5. The number of thioether (sulfide) groups is 1. The van der Waals surface area contributed by atoms with Crippen LogP contribution in [0, 0.1) is 0 Å². The Hall–Kier alpha value is -1.24. The first kappa shape index (κ1) is 20.8. The highest BCUT2D eigenvalue weighted by atomic mass is 35.5. The number of rotatable bonds is 7. The number of nitrogens with zero attached hydrogens (tertiary/aromatic N) is 1. The van der Waals surface area contributed by atoms with Gasteiger partial charge in [0.25, 0.3) is 0 Å². The van der Waals surface area contributed by atoms with Crippen molar-refractivity contribution in [3.05, 3.63) is 29.8 Å². The van der Waals surface area contributed by atoms with Gasteiger partial charge in [-0.05, 0) is 49.5 Å². The Balaban J connectivity index is 0.00000288. The lowest BCUT2D eigenvalue weighted by Gasteiger charge is -2.21. The van der Waals surface area contributed by atoms with Gasteiger partial charge in [-0.15, -0.1) is 12.4 Å².